The van der Waals surface area contributed by atoms with Gasteiger partial charge in [-0.05, 0) is 42.7 Å². The molecule has 2 aromatic rings. The molecule has 0 saturated carbocycles. The van der Waals surface area contributed by atoms with Gasteiger partial charge in [0.15, 0.2) is 0 Å². The molecule has 120 valence electrons. The summed E-state index contributed by atoms with van der Waals surface area (Å²) in [6, 6.07) is 16.3. The quantitative estimate of drug-likeness (QED) is 0.546. The van der Waals surface area contributed by atoms with Gasteiger partial charge in [-0.15, -0.1) is 0 Å². The summed E-state index contributed by atoms with van der Waals surface area (Å²) in [7, 11) is -3.27. The summed E-state index contributed by atoms with van der Waals surface area (Å²) in [6.07, 6.45) is 0. The molecule has 0 saturated heterocycles. The first kappa shape index (κ1) is 16.5. The van der Waals surface area contributed by atoms with E-state index in [1.165, 1.54) is 0 Å². The topological polar surface area (TPSA) is 35.5 Å². The van der Waals surface area contributed by atoms with Crippen molar-refractivity contribution < 1.29 is 13.6 Å². The van der Waals surface area contributed by atoms with Crippen LogP contribution in [-0.2, 0) is 13.6 Å². The molecule has 0 unspecified atom stereocenters. The van der Waals surface area contributed by atoms with Gasteiger partial charge in [-0.2, -0.15) is 0 Å². The standard InChI is InChI=1S/C18H19O3PS/c1-3-20-22(19,21-4-2)13-16-14-9-5-7-11-17(14)23-18-12-8-6-10-15(16)18/h5-13H,3-4H2,1-2H3. The van der Waals surface area contributed by atoms with Crippen molar-refractivity contribution in [3.63, 3.8) is 0 Å². The summed E-state index contributed by atoms with van der Waals surface area (Å²) in [5.41, 5.74) is 3.05. The Kier molecular flexibility index (Phi) is 5.08. The fraction of sp³-hybridized carbons (Fsp3) is 0.222. The predicted octanol–water partition coefficient (Wildman–Crippen LogP) is 5.81. The Morgan fingerprint density at radius 2 is 1.39 bits per heavy atom. The van der Waals surface area contributed by atoms with Gasteiger partial charge in [-0.3, -0.25) is 4.57 Å². The van der Waals surface area contributed by atoms with E-state index in [1.54, 1.807) is 17.6 Å². The zero-order chi connectivity index (χ0) is 16.3. The fourth-order valence-electron chi connectivity index (χ4n) is 2.59. The Hall–Kier alpha value is -1.32. The van der Waals surface area contributed by atoms with Crippen LogP contribution >= 0.6 is 19.4 Å². The van der Waals surface area contributed by atoms with Crippen LogP contribution in [0.3, 0.4) is 0 Å². The largest absolute Gasteiger partial charge is 0.354 e. The van der Waals surface area contributed by atoms with Crippen molar-refractivity contribution in [2.75, 3.05) is 13.2 Å². The monoisotopic (exact) mass is 346 g/mol. The molecule has 1 aliphatic rings. The maximum absolute atomic E-state index is 13.0. The number of rotatable bonds is 5. The summed E-state index contributed by atoms with van der Waals surface area (Å²) < 4.78 is 23.9. The third-order valence-electron chi connectivity index (χ3n) is 3.48. The van der Waals surface area contributed by atoms with Gasteiger partial charge >= 0.3 is 7.60 Å². The Morgan fingerprint density at radius 1 is 0.913 bits per heavy atom. The molecule has 23 heavy (non-hydrogen) atoms. The molecule has 0 atom stereocenters. The van der Waals surface area contributed by atoms with Gasteiger partial charge in [-0.25, -0.2) is 0 Å². The Labute approximate surface area is 141 Å². The summed E-state index contributed by atoms with van der Waals surface area (Å²) >= 11 is 1.73. The maximum Gasteiger partial charge on any atom is 0.354 e. The molecule has 0 fully saturated rings. The molecular formula is C18H19O3PS. The second-order valence-electron chi connectivity index (χ2n) is 5.01. The van der Waals surface area contributed by atoms with Crippen molar-refractivity contribution in [1.82, 2.24) is 0 Å². The minimum atomic E-state index is -3.27. The molecular weight excluding hydrogens is 327 g/mol. The second kappa shape index (κ2) is 7.06. The fourth-order valence-corrected chi connectivity index (χ4v) is 5.23. The first-order valence-electron chi connectivity index (χ1n) is 7.65. The second-order valence-corrected chi connectivity index (χ2v) is 7.95. The van der Waals surface area contributed by atoms with Crippen LogP contribution in [0.15, 0.2) is 64.1 Å². The average Bonchev–Trinajstić information content (AvgIpc) is 2.55. The van der Waals surface area contributed by atoms with E-state index in [2.05, 4.69) is 12.1 Å². The van der Waals surface area contributed by atoms with E-state index in [1.807, 2.05) is 50.2 Å². The number of benzene rings is 2. The zero-order valence-corrected chi connectivity index (χ0v) is 14.9. The van der Waals surface area contributed by atoms with Gasteiger partial charge in [-0.1, -0.05) is 48.2 Å². The summed E-state index contributed by atoms with van der Waals surface area (Å²) in [5.74, 6) is 1.68. The van der Waals surface area contributed by atoms with Gasteiger partial charge in [0.1, 0.15) is 0 Å². The first-order valence-corrected chi connectivity index (χ1v) is 10.1. The number of fused-ring (bicyclic) bond motifs is 2. The Morgan fingerprint density at radius 3 is 1.87 bits per heavy atom. The van der Waals surface area contributed by atoms with E-state index >= 15 is 0 Å². The molecule has 0 radical (unpaired) electrons. The van der Waals surface area contributed by atoms with Gasteiger partial charge in [0.25, 0.3) is 0 Å². The summed E-state index contributed by atoms with van der Waals surface area (Å²) in [6.45, 7) is 4.34. The highest BCUT2D eigenvalue weighted by Gasteiger charge is 2.27. The van der Waals surface area contributed by atoms with Crippen LogP contribution in [0.5, 0.6) is 0 Å². The van der Waals surface area contributed by atoms with E-state index in [4.69, 9.17) is 9.05 Å². The smallest absolute Gasteiger partial charge is 0.306 e. The van der Waals surface area contributed by atoms with Crippen LogP contribution in [0.4, 0.5) is 0 Å². The molecule has 0 amide bonds. The highest BCUT2D eigenvalue weighted by atomic mass is 32.2. The first-order chi connectivity index (χ1) is 11.2. The molecule has 0 aromatic heterocycles. The minimum absolute atomic E-state index is 0.346. The van der Waals surface area contributed by atoms with Crippen LogP contribution in [-0.4, -0.2) is 13.2 Å². The van der Waals surface area contributed by atoms with Crippen molar-refractivity contribution in [3.8, 4) is 0 Å². The van der Waals surface area contributed by atoms with Crippen LogP contribution in [0.25, 0.3) is 5.57 Å². The molecule has 1 aliphatic heterocycles. The Balaban J connectivity index is 2.18. The van der Waals surface area contributed by atoms with Crippen LogP contribution in [0.1, 0.15) is 25.0 Å². The van der Waals surface area contributed by atoms with E-state index < -0.39 is 7.60 Å². The van der Waals surface area contributed by atoms with Gasteiger partial charge in [0.2, 0.25) is 0 Å². The van der Waals surface area contributed by atoms with Gasteiger partial charge in [0, 0.05) is 15.6 Å². The van der Waals surface area contributed by atoms with E-state index in [9.17, 15) is 4.57 Å². The zero-order valence-electron chi connectivity index (χ0n) is 13.2. The lowest BCUT2D eigenvalue weighted by atomic mass is 9.99. The number of hydrogen-bond donors (Lipinski definition) is 0. The molecule has 2 aromatic carbocycles. The lowest BCUT2D eigenvalue weighted by Gasteiger charge is -2.23. The molecule has 3 rings (SSSR count). The van der Waals surface area contributed by atoms with Gasteiger partial charge in [0.05, 0.1) is 13.2 Å². The third kappa shape index (κ3) is 3.46. The molecule has 1 heterocycles. The highest BCUT2D eigenvalue weighted by molar-refractivity contribution is 7.99. The average molecular weight is 346 g/mol. The summed E-state index contributed by atoms with van der Waals surface area (Å²) in [4.78, 5) is 2.30. The van der Waals surface area contributed by atoms with Gasteiger partial charge < -0.3 is 9.05 Å². The number of hydrogen-bond acceptors (Lipinski definition) is 4. The van der Waals surface area contributed by atoms with Crippen molar-refractivity contribution >= 4 is 24.9 Å². The molecule has 0 aliphatic carbocycles. The maximum atomic E-state index is 13.0. The van der Waals surface area contributed by atoms with E-state index in [-0.39, 0.29) is 0 Å². The molecule has 3 nitrogen and oxygen atoms in total. The molecule has 0 spiro atoms. The third-order valence-corrected chi connectivity index (χ3v) is 6.44. The normalized spacial score (nSPS) is 13.4. The predicted molar refractivity (Wildman–Crippen MR) is 94.9 cm³/mol. The highest BCUT2D eigenvalue weighted by Crippen LogP contribution is 2.55. The minimum Gasteiger partial charge on any atom is -0.306 e. The van der Waals surface area contributed by atoms with Crippen LogP contribution in [0.2, 0.25) is 0 Å². The van der Waals surface area contributed by atoms with Crippen molar-refractivity contribution in [3.05, 3.63) is 65.5 Å². The van der Waals surface area contributed by atoms with Crippen molar-refractivity contribution in [2.24, 2.45) is 0 Å². The molecule has 0 N–H and O–H groups in total. The van der Waals surface area contributed by atoms with Crippen LogP contribution in [0, 0.1) is 0 Å². The van der Waals surface area contributed by atoms with Crippen molar-refractivity contribution in [2.45, 2.75) is 23.6 Å². The lowest BCUT2D eigenvalue weighted by Crippen LogP contribution is -2.01. The van der Waals surface area contributed by atoms with E-state index in [0.29, 0.717) is 13.2 Å². The van der Waals surface area contributed by atoms with Crippen molar-refractivity contribution in [1.29, 1.82) is 0 Å². The summed E-state index contributed by atoms with van der Waals surface area (Å²) in [5, 5.41) is 0. The van der Waals surface area contributed by atoms with E-state index in [0.717, 1.165) is 26.5 Å². The molecule has 0 bridgehead atoms. The SMILES string of the molecule is CCOP(=O)(C=C1c2ccccc2Sc2ccccc21)OCC. The molecule has 5 heteroatoms. The van der Waals surface area contributed by atoms with Crippen LogP contribution < -0.4 is 0 Å². The lowest BCUT2D eigenvalue weighted by molar-refractivity contribution is 0.229. The Bertz CT molecular complexity index is 728.